The van der Waals surface area contributed by atoms with Gasteiger partial charge in [0.15, 0.2) is 0 Å². The molecule has 0 radical (unpaired) electrons. The Morgan fingerprint density at radius 3 is 2.44 bits per heavy atom. The van der Waals surface area contributed by atoms with Gasteiger partial charge in [0.05, 0.1) is 12.6 Å². The van der Waals surface area contributed by atoms with E-state index < -0.39 is 0 Å². The van der Waals surface area contributed by atoms with E-state index in [0.717, 1.165) is 18.7 Å². The first-order valence-corrected chi connectivity index (χ1v) is 5.43. The van der Waals surface area contributed by atoms with Crippen LogP contribution in [0.3, 0.4) is 0 Å². The lowest BCUT2D eigenvalue weighted by molar-refractivity contribution is 0.414. The molecule has 1 aromatic rings. The molecule has 0 aliphatic carbocycles. The van der Waals surface area contributed by atoms with Crippen molar-refractivity contribution >= 4 is 0 Å². The van der Waals surface area contributed by atoms with Crippen LogP contribution in [0.25, 0.3) is 0 Å². The first kappa shape index (κ1) is 12.6. The third-order valence-electron chi connectivity index (χ3n) is 2.50. The van der Waals surface area contributed by atoms with Gasteiger partial charge >= 0.3 is 0 Å². The van der Waals surface area contributed by atoms with Crippen molar-refractivity contribution < 1.29 is 4.74 Å². The molecule has 0 bridgehead atoms. The normalized spacial score (nSPS) is 10.9. The topological polar surface area (TPSA) is 21.3 Å². The van der Waals surface area contributed by atoms with Gasteiger partial charge in [-0.05, 0) is 38.0 Å². The van der Waals surface area contributed by atoms with Crippen LogP contribution in [-0.2, 0) is 6.42 Å². The van der Waals surface area contributed by atoms with E-state index in [2.05, 4.69) is 23.4 Å². The van der Waals surface area contributed by atoms with Gasteiger partial charge < -0.3 is 10.1 Å². The Bertz CT molecular complexity index is 359. The number of terminal acetylenes is 1. The minimum atomic E-state index is -0.230. The van der Waals surface area contributed by atoms with Crippen LogP contribution in [0.1, 0.15) is 19.4 Å². The number of methoxy groups -OCH3 is 1. The minimum absolute atomic E-state index is 0.230. The van der Waals surface area contributed by atoms with Crippen LogP contribution in [0.4, 0.5) is 0 Å². The van der Waals surface area contributed by atoms with E-state index in [4.69, 9.17) is 11.2 Å². The largest absolute Gasteiger partial charge is 0.497 e. The van der Waals surface area contributed by atoms with Crippen molar-refractivity contribution in [2.45, 2.75) is 25.8 Å². The number of hydrogen-bond donors (Lipinski definition) is 1. The molecular formula is C14H19NO. The smallest absolute Gasteiger partial charge is 0.118 e. The maximum absolute atomic E-state index is 5.39. The summed E-state index contributed by atoms with van der Waals surface area (Å²) in [5.41, 5.74) is 1.05. The molecule has 0 aliphatic heterocycles. The van der Waals surface area contributed by atoms with Gasteiger partial charge in [0, 0.05) is 6.54 Å². The van der Waals surface area contributed by atoms with Crippen LogP contribution in [0.2, 0.25) is 0 Å². The van der Waals surface area contributed by atoms with Crippen molar-refractivity contribution in [2.24, 2.45) is 0 Å². The molecule has 0 saturated carbocycles. The molecule has 86 valence electrons. The number of hydrogen-bond acceptors (Lipinski definition) is 2. The Labute approximate surface area is 98.0 Å². The van der Waals surface area contributed by atoms with Crippen LogP contribution in [-0.4, -0.2) is 19.2 Å². The second-order valence-corrected chi connectivity index (χ2v) is 4.29. The predicted molar refractivity (Wildman–Crippen MR) is 67.6 cm³/mol. The zero-order valence-electron chi connectivity index (χ0n) is 10.2. The van der Waals surface area contributed by atoms with Crippen LogP contribution >= 0.6 is 0 Å². The highest BCUT2D eigenvalue weighted by Gasteiger charge is 2.11. The van der Waals surface area contributed by atoms with Crippen LogP contribution < -0.4 is 10.1 Å². The van der Waals surface area contributed by atoms with Crippen molar-refractivity contribution in [3.05, 3.63) is 29.8 Å². The highest BCUT2D eigenvalue weighted by molar-refractivity contribution is 5.27. The average molecular weight is 217 g/mol. The zero-order valence-corrected chi connectivity index (χ0v) is 10.2. The van der Waals surface area contributed by atoms with Gasteiger partial charge in [-0.1, -0.05) is 18.1 Å². The fourth-order valence-electron chi connectivity index (χ4n) is 1.36. The third kappa shape index (κ3) is 3.96. The Hall–Kier alpha value is -1.46. The van der Waals surface area contributed by atoms with Gasteiger partial charge in [-0.3, -0.25) is 0 Å². The Kier molecular flexibility index (Phi) is 4.39. The lowest BCUT2D eigenvalue weighted by atomic mass is 10.1. The van der Waals surface area contributed by atoms with E-state index in [1.807, 2.05) is 26.0 Å². The van der Waals surface area contributed by atoms with E-state index in [1.165, 1.54) is 5.56 Å². The van der Waals surface area contributed by atoms with Crippen LogP contribution in [0, 0.1) is 12.3 Å². The van der Waals surface area contributed by atoms with Crippen molar-refractivity contribution in [2.75, 3.05) is 13.7 Å². The van der Waals surface area contributed by atoms with Crippen molar-refractivity contribution in [1.29, 1.82) is 0 Å². The third-order valence-corrected chi connectivity index (χ3v) is 2.50. The minimum Gasteiger partial charge on any atom is -0.497 e. The molecule has 0 amide bonds. The summed E-state index contributed by atoms with van der Waals surface area (Å²) in [5, 5.41) is 3.32. The summed E-state index contributed by atoms with van der Waals surface area (Å²) in [6.45, 7) is 4.88. The molecule has 0 fully saturated rings. The summed E-state index contributed by atoms with van der Waals surface area (Å²) in [6, 6.07) is 8.09. The molecule has 0 heterocycles. The average Bonchev–Trinajstić information content (AvgIpc) is 2.30. The van der Waals surface area contributed by atoms with Gasteiger partial charge in [0.1, 0.15) is 5.75 Å². The molecule has 2 heteroatoms. The fourth-order valence-corrected chi connectivity index (χ4v) is 1.36. The standard InChI is InChI=1S/C14H19NO/c1-5-14(2,3)15-11-10-12-6-8-13(16-4)9-7-12/h1,6-9,15H,10-11H2,2-4H3. The van der Waals surface area contributed by atoms with Crippen LogP contribution in [0.15, 0.2) is 24.3 Å². The SMILES string of the molecule is C#CC(C)(C)NCCc1ccc(OC)cc1. The molecule has 0 saturated heterocycles. The maximum atomic E-state index is 5.39. The predicted octanol–water partition coefficient (Wildman–Crippen LogP) is 2.24. The number of nitrogens with one attached hydrogen (secondary N) is 1. The zero-order chi connectivity index (χ0) is 12.0. The molecule has 0 atom stereocenters. The highest BCUT2D eigenvalue weighted by atomic mass is 16.5. The number of ether oxygens (including phenoxy) is 1. The monoisotopic (exact) mass is 217 g/mol. The molecule has 0 aromatic heterocycles. The summed E-state index contributed by atoms with van der Waals surface area (Å²) in [5.74, 6) is 3.60. The maximum Gasteiger partial charge on any atom is 0.118 e. The van der Waals surface area contributed by atoms with E-state index >= 15 is 0 Å². The summed E-state index contributed by atoms with van der Waals surface area (Å²) < 4.78 is 5.10. The Morgan fingerprint density at radius 1 is 1.31 bits per heavy atom. The molecule has 0 unspecified atom stereocenters. The molecule has 16 heavy (non-hydrogen) atoms. The fraction of sp³-hybridized carbons (Fsp3) is 0.429. The first-order valence-electron chi connectivity index (χ1n) is 5.43. The van der Waals surface area contributed by atoms with Crippen LogP contribution in [0.5, 0.6) is 5.75 Å². The van der Waals surface area contributed by atoms with E-state index in [-0.39, 0.29) is 5.54 Å². The van der Waals surface area contributed by atoms with Gasteiger partial charge in [-0.15, -0.1) is 6.42 Å². The Balaban J connectivity index is 2.41. The Morgan fingerprint density at radius 2 is 1.94 bits per heavy atom. The number of rotatable bonds is 5. The van der Waals surface area contributed by atoms with E-state index in [9.17, 15) is 0 Å². The molecule has 1 aromatic carbocycles. The van der Waals surface area contributed by atoms with E-state index in [1.54, 1.807) is 7.11 Å². The molecule has 1 rings (SSSR count). The van der Waals surface area contributed by atoms with Crippen molar-refractivity contribution in [3.8, 4) is 18.1 Å². The van der Waals surface area contributed by atoms with Gasteiger partial charge in [-0.2, -0.15) is 0 Å². The van der Waals surface area contributed by atoms with Gasteiger partial charge in [0.25, 0.3) is 0 Å². The van der Waals surface area contributed by atoms with Gasteiger partial charge in [0.2, 0.25) is 0 Å². The quantitative estimate of drug-likeness (QED) is 0.764. The lowest BCUT2D eigenvalue weighted by Crippen LogP contribution is -2.38. The second kappa shape index (κ2) is 5.58. The number of benzene rings is 1. The summed E-state index contributed by atoms with van der Waals surface area (Å²) >= 11 is 0. The summed E-state index contributed by atoms with van der Waals surface area (Å²) in [6.07, 6.45) is 6.36. The van der Waals surface area contributed by atoms with Gasteiger partial charge in [-0.25, -0.2) is 0 Å². The van der Waals surface area contributed by atoms with Crippen molar-refractivity contribution in [3.63, 3.8) is 0 Å². The van der Waals surface area contributed by atoms with E-state index in [0.29, 0.717) is 0 Å². The molecule has 0 spiro atoms. The first-order chi connectivity index (χ1) is 7.57. The summed E-state index contributed by atoms with van der Waals surface area (Å²) in [7, 11) is 1.67. The molecule has 2 nitrogen and oxygen atoms in total. The highest BCUT2D eigenvalue weighted by Crippen LogP contribution is 2.11. The van der Waals surface area contributed by atoms with Crippen molar-refractivity contribution in [1.82, 2.24) is 5.32 Å². The molecule has 0 aliphatic rings. The lowest BCUT2D eigenvalue weighted by Gasteiger charge is -2.19. The second-order valence-electron chi connectivity index (χ2n) is 4.29. The molecule has 1 N–H and O–H groups in total. The summed E-state index contributed by atoms with van der Waals surface area (Å²) in [4.78, 5) is 0. The molecular weight excluding hydrogens is 198 g/mol.